The molecule has 2 heterocycles. The van der Waals surface area contributed by atoms with Gasteiger partial charge in [0.2, 0.25) is 5.91 Å². The van der Waals surface area contributed by atoms with Gasteiger partial charge in [0.05, 0.1) is 35.0 Å². The minimum atomic E-state index is -4.96. The number of rotatable bonds is 14. The Morgan fingerprint density at radius 1 is 0.891 bits per heavy atom. The van der Waals surface area contributed by atoms with Gasteiger partial charge in [-0.15, -0.1) is 0 Å². The standard InChI is InChI=1S/C37H39F5N4O8S/c1-22-29(12-11-28(38)34(22)39)46-21-36(54-6,37(40,41)42)18-30(46)35(47)44-25-13-14-43-33(15-25)55(48,49)45(19-23-7-9-26(50-2)16-31(23)52-4)20-24-8-10-27(51-3)17-32(24)53-5/h7-17,30H,18-21H2,1-6H3,(H,43,44,47). The van der Waals surface area contributed by atoms with Crippen molar-refractivity contribution in [1.29, 1.82) is 0 Å². The molecule has 1 amide bonds. The number of alkyl halides is 3. The van der Waals surface area contributed by atoms with Crippen LogP contribution in [0.25, 0.3) is 0 Å². The number of pyridine rings is 1. The quantitative estimate of drug-likeness (QED) is 0.146. The van der Waals surface area contributed by atoms with Gasteiger partial charge in [-0.25, -0.2) is 22.2 Å². The summed E-state index contributed by atoms with van der Waals surface area (Å²) in [6.45, 7) is -0.197. The van der Waals surface area contributed by atoms with E-state index in [1.807, 2.05) is 0 Å². The Balaban J connectivity index is 1.52. The van der Waals surface area contributed by atoms with Gasteiger partial charge in [0.1, 0.15) is 29.0 Å². The Labute approximate surface area is 314 Å². The molecular formula is C37H39F5N4O8S. The van der Waals surface area contributed by atoms with E-state index in [2.05, 4.69) is 10.3 Å². The smallest absolute Gasteiger partial charge is 0.419 e. The lowest BCUT2D eigenvalue weighted by atomic mass is 9.99. The van der Waals surface area contributed by atoms with Crippen LogP contribution in [0, 0.1) is 18.6 Å². The van der Waals surface area contributed by atoms with Crippen molar-refractivity contribution in [1.82, 2.24) is 9.29 Å². The largest absolute Gasteiger partial charge is 0.497 e. The van der Waals surface area contributed by atoms with E-state index in [4.69, 9.17) is 23.7 Å². The minimum Gasteiger partial charge on any atom is -0.497 e. The van der Waals surface area contributed by atoms with E-state index in [1.54, 1.807) is 36.4 Å². The Hall–Kier alpha value is -5.20. The average molecular weight is 795 g/mol. The second-order valence-corrected chi connectivity index (χ2v) is 14.4. The van der Waals surface area contributed by atoms with E-state index < -0.39 is 63.4 Å². The molecule has 12 nitrogen and oxygen atoms in total. The molecule has 5 rings (SSSR count). The fraction of sp³-hybridized carbons (Fsp3) is 0.351. The zero-order valence-electron chi connectivity index (χ0n) is 30.7. The summed E-state index contributed by atoms with van der Waals surface area (Å²) in [4.78, 5) is 18.9. The highest BCUT2D eigenvalue weighted by Gasteiger charge is 2.63. The molecule has 296 valence electrons. The van der Waals surface area contributed by atoms with Gasteiger partial charge in [-0.1, -0.05) is 12.1 Å². The molecule has 18 heteroatoms. The summed E-state index contributed by atoms with van der Waals surface area (Å²) in [6.07, 6.45) is -4.75. The van der Waals surface area contributed by atoms with Gasteiger partial charge in [0.25, 0.3) is 10.0 Å². The van der Waals surface area contributed by atoms with Crippen LogP contribution >= 0.6 is 0 Å². The van der Waals surface area contributed by atoms with Crippen LogP contribution < -0.4 is 29.2 Å². The van der Waals surface area contributed by atoms with E-state index in [0.29, 0.717) is 34.1 Å². The summed E-state index contributed by atoms with van der Waals surface area (Å²) in [5, 5.41) is 1.99. The molecule has 0 bridgehead atoms. The number of carbonyl (C=O) groups excluding carboxylic acids is 1. The summed E-state index contributed by atoms with van der Waals surface area (Å²) in [6, 6.07) is 12.3. The molecule has 2 atom stereocenters. The first-order valence-electron chi connectivity index (χ1n) is 16.5. The van der Waals surface area contributed by atoms with Gasteiger partial charge in [-0.05, 0) is 37.3 Å². The lowest BCUT2D eigenvalue weighted by molar-refractivity contribution is -0.261. The molecule has 1 N–H and O–H groups in total. The maximum Gasteiger partial charge on any atom is 0.419 e. The summed E-state index contributed by atoms with van der Waals surface area (Å²) >= 11 is 0. The molecule has 1 saturated heterocycles. The molecule has 2 unspecified atom stereocenters. The topological polar surface area (TPSA) is 129 Å². The summed E-state index contributed by atoms with van der Waals surface area (Å²) in [7, 11) is 2.10. The van der Waals surface area contributed by atoms with Gasteiger partial charge in [0.15, 0.2) is 22.3 Å². The van der Waals surface area contributed by atoms with E-state index >= 15 is 0 Å². The Morgan fingerprint density at radius 3 is 1.98 bits per heavy atom. The molecule has 0 spiro atoms. The third-order valence-electron chi connectivity index (χ3n) is 9.44. The highest BCUT2D eigenvalue weighted by molar-refractivity contribution is 7.89. The third-order valence-corrected chi connectivity index (χ3v) is 11.1. The van der Waals surface area contributed by atoms with Crippen LogP contribution in [0.3, 0.4) is 0 Å². The fourth-order valence-corrected chi connectivity index (χ4v) is 7.69. The van der Waals surface area contributed by atoms with E-state index in [0.717, 1.165) is 40.7 Å². The lowest BCUT2D eigenvalue weighted by Gasteiger charge is -2.31. The first-order chi connectivity index (χ1) is 26.0. The highest BCUT2D eigenvalue weighted by Crippen LogP contribution is 2.46. The van der Waals surface area contributed by atoms with Gasteiger partial charge >= 0.3 is 6.18 Å². The molecule has 55 heavy (non-hydrogen) atoms. The SMILES string of the molecule is COc1ccc(CN(Cc2ccc(OC)cc2OC)S(=O)(=O)c2cc(NC(=O)C3CC(OC)(C(F)(F)F)CN3c3ccc(F)c(F)c3C)ccn2)c(OC)c1. The number of anilines is 2. The van der Waals surface area contributed by atoms with Crippen LogP contribution in [0.5, 0.6) is 23.0 Å². The minimum absolute atomic E-state index is 0.119. The van der Waals surface area contributed by atoms with E-state index in [-0.39, 0.29) is 30.0 Å². The van der Waals surface area contributed by atoms with Gasteiger partial charge in [0, 0.05) is 79.1 Å². The van der Waals surface area contributed by atoms with Crippen molar-refractivity contribution in [2.24, 2.45) is 0 Å². The Bertz CT molecular complexity index is 2100. The number of halogens is 5. The van der Waals surface area contributed by atoms with Gasteiger partial charge < -0.3 is 33.9 Å². The van der Waals surface area contributed by atoms with Crippen molar-refractivity contribution in [2.75, 3.05) is 52.3 Å². The number of carbonyl (C=O) groups is 1. The number of aromatic nitrogens is 1. The number of hydrogen-bond acceptors (Lipinski definition) is 10. The van der Waals surface area contributed by atoms with Crippen LogP contribution in [-0.4, -0.2) is 83.5 Å². The maximum absolute atomic E-state index is 14.6. The molecule has 1 fully saturated rings. The number of sulfonamides is 1. The van der Waals surface area contributed by atoms with Crippen molar-refractivity contribution < 1.29 is 58.8 Å². The van der Waals surface area contributed by atoms with Crippen molar-refractivity contribution in [3.8, 4) is 23.0 Å². The zero-order valence-corrected chi connectivity index (χ0v) is 31.5. The number of hydrogen-bond donors (Lipinski definition) is 1. The molecule has 3 aromatic carbocycles. The first kappa shape index (κ1) is 41.0. The molecule has 1 aliphatic heterocycles. The van der Waals surface area contributed by atoms with Crippen LogP contribution in [0.4, 0.5) is 33.3 Å². The van der Waals surface area contributed by atoms with E-state index in [9.17, 15) is 35.2 Å². The molecule has 4 aromatic rings. The third kappa shape index (κ3) is 8.25. The number of methoxy groups -OCH3 is 5. The molecule has 1 aliphatic rings. The Morgan fingerprint density at radius 2 is 1.47 bits per heavy atom. The number of nitrogens with one attached hydrogen (secondary N) is 1. The van der Waals surface area contributed by atoms with Crippen LogP contribution in [0.1, 0.15) is 23.1 Å². The van der Waals surface area contributed by atoms with E-state index in [1.165, 1.54) is 41.4 Å². The molecule has 0 aliphatic carbocycles. The molecule has 0 saturated carbocycles. The zero-order chi connectivity index (χ0) is 40.3. The summed E-state index contributed by atoms with van der Waals surface area (Å²) in [5.41, 5.74) is -2.51. The maximum atomic E-state index is 14.6. The summed E-state index contributed by atoms with van der Waals surface area (Å²) in [5.74, 6) is -1.90. The van der Waals surface area contributed by atoms with Crippen LogP contribution in [-0.2, 0) is 32.6 Å². The van der Waals surface area contributed by atoms with Crippen molar-refractivity contribution >= 4 is 27.3 Å². The molecule has 1 aromatic heterocycles. The van der Waals surface area contributed by atoms with Crippen LogP contribution in [0.2, 0.25) is 0 Å². The number of ether oxygens (including phenoxy) is 5. The van der Waals surface area contributed by atoms with Crippen molar-refractivity contribution in [3.05, 3.63) is 95.2 Å². The second-order valence-electron chi connectivity index (χ2n) is 12.6. The normalized spacial score (nSPS) is 17.3. The average Bonchev–Trinajstić information content (AvgIpc) is 3.59. The predicted molar refractivity (Wildman–Crippen MR) is 191 cm³/mol. The molecular weight excluding hydrogens is 755 g/mol. The van der Waals surface area contributed by atoms with Gasteiger partial charge in [-0.3, -0.25) is 4.79 Å². The van der Waals surface area contributed by atoms with Crippen LogP contribution in [0.15, 0.2) is 71.9 Å². The summed E-state index contributed by atoms with van der Waals surface area (Å²) < 4.78 is 128. The second kappa shape index (κ2) is 16.3. The number of nitrogens with zero attached hydrogens (tertiary/aromatic N) is 3. The monoisotopic (exact) mass is 794 g/mol. The lowest BCUT2D eigenvalue weighted by Crippen LogP contribution is -2.49. The number of benzene rings is 3. The predicted octanol–water partition coefficient (Wildman–Crippen LogP) is 6.26. The first-order valence-corrected chi connectivity index (χ1v) is 18.0. The number of amides is 1. The van der Waals surface area contributed by atoms with Crippen molar-refractivity contribution in [2.45, 2.75) is 49.3 Å². The van der Waals surface area contributed by atoms with Crippen molar-refractivity contribution in [3.63, 3.8) is 0 Å². The highest BCUT2D eigenvalue weighted by atomic mass is 32.2. The van der Waals surface area contributed by atoms with Gasteiger partial charge in [-0.2, -0.15) is 17.5 Å². The fourth-order valence-electron chi connectivity index (χ4n) is 6.34. The molecule has 0 radical (unpaired) electrons. The Kier molecular flexibility index (Phi) is 12.1.